The number of nitrogen functional groups attached to an aromatic ring is 1. The summed E-state index contributed by atoms with van der Waals surface area (Å²) in [5.74, 6) is -1.96. The Labute approximate surface area is 197 Å². The smallest absolute Gasteiger partial charge is 0.313 e. The SMILES string of the molecule is CNc1nc(N)nc2c1ncn2[C@H]1CC(OC(=O)[C@@H](COC(=O)CC(C)C)[C@@H](C)[C@@H](C)F)CO1. The van der Waals surface area contributed by atoms with E-state index in [0.29, 0.717) is 23.4 Å². The number of alkyl halides is 1. The average Bonchev–Trinajstić information content (AvgIpc) is 3.39. The van der Waals surface area contributed by atoms with Gasteiger partial charge in [-0.15, -0.1) is 0 Å². The van der Waals surface area contributed by atoms with Gasteiger partial charge in [-0.3, -0.25) is 14.2 Å². The second kappa shape index (κ2) is 10.9. The first-order chi connectivity index (χ1) is 16.1. The van der Waals surface area contributed by atoms with Crippen LogP contribution in [0.2, 0.25) is 0 Å². The van der Waals surface area contributed by atoms with Crippen LogP contribution in [0.5, 0.6) is 0 Å². The van der Waals surface area contributed by atoms with Crippen molar-refractivity contribution in [2.45, 2.75) is 59.0 Å². The molecule has 188 valence electrons. The zero-order chi connectivity index (χ0) is 25.0. The number of carbonyl (C=O) groups excluding carboxylic acids is 2. The molecule has 0 saturated carbocycles. The van der Waals surface area contributed by atoms with E-state index < -0.39 is 42.3 Å². The molecule has 2 aromatic heterocycles. The lowest BCUT2D eigenvalue weighted by atomic mass is 9.91. The Morgan fingerprint density at radius 3 is 2.71 bits per heavy atom. The van der Waals surface area contributed by atoms with Crippen molar-refractivity contribution in [3.05, 3.63) is 6.33 Å². The maximum Gasteiger partial charge on any atom is 0.313 e. The van der Waals surface area contributed by atoms with Crippen LogP contribution >= 0.6 is 0 Å². The van der Waals surface area contributed by atoms with Crippen molar-refractivity contribution in [2.75, 3.05) is 31.3 Å². The quantitative estimate of drug-likeness (QED) is 0.487. The average molecular weight is 481 g/mol. The molecule has 3 rings (SSSR count). The second-order valence-electron chi connectivity index (χ2n) is 9.01. The van der Waals surface area contributed by atoms with E-state index in [2.05, 4.69) is 20.3 Å². The molecule has 1 unspecified atom stereocenters. The van der Waals surface area contributed by atoms with Crippen LogP contribution in [0.15, 0.2) is 6.33 Å². The molecule has 2 aromatic rings. The molecule has 0 aliphatic carbocycles. The van der Waals surface area contributed by atoms with Gasteiger partial charge in [-0.05, 0) is 12.8 Å². The number of rotatable bonds is 10. The molecule has 12 heteroatoms. The second-order valence-corrected chi connectivity index (χ2v) is 9.01. The first-order valence-corrected chi connectivity index (χ1v) is 11.4. The molecule has 0 spiro atoms. The number of hydrogen-bond acceptors (Lipinski definition) is 10. The molecule has 3 heterocycles. The minimum Gasteiger partial charge on any atom is -0.465 e. The standard InChI is InChI=1S/C22H33FN6O5/c1-11(2)6-17(30)33-9-15(12(3)13(4)23)21(31)34-14-7-16(32-8-14)29-10-26-18-19(25-5)27-22(24)28-20(18)29/h10-16H,6-9H2,1-5H3,(H3,24,25,27,28)/t12-,13+,14?,15-,16+/m0/s1. The van der Waals surface area contributed by atoms with Gasteiger partial charge in [-0.1, -0.05) is 20.8 Å². The Bertz CT molecular complexity index is 1010. The van der Waals surface area contributed by atoms with Gasteiger partial charge >= 0.3 is 11.9 Å². The molecule has 1 saturated heterocycles. The molecule has 0 amide bonds. The first-order valence-electron chi connectivity index (χ1n) is 11.4. The largest absolute Gasteiger partial charge is 0.465 e. The fraction of sp³-hybridized carbons (Fsp3) is 0.682. The molecule has 34 heavy (non-hydrogen) atoms. The Morgan fingerprint density at radius 1 is 1.32 bits per heavy atom. The molecule has 1 fully saturated rings. The van der Waals surface area contributed by atoms with E-state index in [0.717, 1.165) is 0 Å². The number of esters is 2. The number of aromatic nitrogens is 4. The normalized spacial score (nSPS) is 20.8. The fourth-order valence-electron chi connectivity index (χ4n) is 3.76. The van der Waals surface area contributed by atoms with Gasteiger partial charge < -0.3 is 25.3 Å². The van der Waals surface area contributed by atoms with E-state index in [1.54, 1.807) is 24.9 Å². The third-order valence-electron chi connectivity index (χ3n) is 5.87. The van der Waals surface area contributed by atoms with Crippen LogP contribution in [0.4, 0.5) is 16.2 Å². The number of anilines is 2. The van der Waals surface area contributed by atoms with E-state index in [4.69, 9.17) is 19.9 Å². The zero-order valence-corrected chi connectivity index (χ0v) is 20.2. The number of ether oxygens (including phenoxy) is 3. The number of nitrogens with one attached hydrogen (secondary N) is 1. The number of halogens is 1. The van der Waals surface area contributed by atoms with E-state index >= 15 is 0 Å². The summed E-state index contributed by atoms with van der Waals surface area (Å²) in [5, 5.41) is 2.93. The lowest BCUT2D eigenvalue weighted by Crippen LogP contribution is -2.35. The van der Waals surface area contributed by atoms with Gasteiger partial charge in [-0.25, -0.2) is 9.37 Å². The topological polar surface area (TPSA) is 143 Å². The van der Waals surface area contributed by atoms with Gasteiger partial charge in [0.15, 0.2) is 17.0 Å². The summed E-state index contributed by atoms with van der Waals surface area (Å²) in [6, 6.07) is 0. The van der Waals surface area contributed by atoms with Crippen LogP contribution in [-0.2, 0) is 23.8 Å². The minimum absolute atomic E-state index is 0.0868. The molecule has 1 aliphatic heterocycles. The van der Waals surface area contributed by atoms with Crippen molar-refractivity contribution in [1.82, 2.24) is 19.5 Å². The monoisotopic (exact) mass is 480 g/mol. The summed E-state index contributed by atoms with van der Waals surface area (Å²) in [6.07, 6.45) is -0.191. The Balaban J connectivity index is 1.67. The van der Waals surface area contributed by atoms with Crippen molar-refractivity contribution in [3.63, 3.8) is 0 Å². The van der Waals surface area contributed by atoms with Crippen molar-refractivity contribution < 1.29 is 28.2 Å². The predicted octanol–water partition coefficient (Wildman–Crippen LogP) is 2.48. The Kier molecular flexibility index (Phi) is 8.24. The number of nitrogens with zero attached hydrogens (tertiary/aromatic N) is 4. The van der Waals surface area contributed by atoms with Crippen LogP contribution in [-0.4, -0.2) is 64.0 Å². The molecular formula is C22H33FN6O5. The molecule has 0 bridgehead atoms. The molecule has 1 aliphatic rings. The van der Waals surface area contributed by atoms with Gasteiger partial charge in [-0.2, -0.15) is 9.97 Å². The number of hydrogen-bond donors (Lipinski definition) is 2. The van der Waals surface area contributed by atoms with E-state index in [1.165, 1.54) is 6.92 Å². The highest BCUT2D eigenvalue weighted by atomic mass is 19.1. The fourth-order valence-corrected chi connectivity index (χ4v) is 3.76. The van der Waals surface area contributed by atoms with Crippen LogP contribution in [0, 0.1) is 17.8 Å². The van der Waals surface area contributed by atoms with E-state index in [9.17, 15) is 14.0 Å². The summed E-state index contributed by atoms with van der Waals surface area (Å²) in [7, 11) is 1.71. The highest BCUT2D eigenvalue weighted by Crippen LogP contribution is 2.31. The Hall–Kier alpha value is -3.02. The van der Waals surface area contributed by atoms with Gasteiger partial charge in [0.1, 0.15) is 25.1 Å². The summed E-state index contributed by atoms with van der Waals surface area (Å²) in [6.45, 7) is 6.66. The van der Waals surface area contributed by atoms with Crippen molar-refractivity contribution in [2.24, 2.45) is 17.8 Å². The highest BCUT2D eigenvalue weighted by molar-refractivity contribution is 5.84. The predicted molar refractivity (Wildman–Crippen MR) is 122 cm³/mol. The molecule has 0 radical (unpaired) electrons. The summed E-state index contributed by atoms with van der Waals surface area (Å²) in [5.41, 5.74) is 6.83. The molecule has 11 nitrogen and oxygen atoms in total. The maximum atomic E-state index is 14.0. The zero-order valence-electron chi connectivity index (χ0n) is 20.2. The lowest BCUT2D eigenvalue weighted by Gasteiger charge is -2.24. The molecule has 0 aromatic carbocycles. The number of imidazole rings is 1. The van der Waals surface area contributed by atoms with Crippen LogP contribution in [0.1, 0.15) is 46.8 Å². The third-order valence-corrected chi connectivity index (χ3v) is 5.87. The van der Waals surface area contributed by atoms with Gasteiger partial charge in [0.25, 0.3) is 0 Å². The summed E-state index contributed by atoms with van der Waals surface area (Å²) >= 11 is 0. The Morgan fingerprint density at radius 2 is 2.06 bits per heavy atom. The van der Waals surface area contributed by atoms with Gasteiger partial charge in [0.05, 0.1) is 18.9 Å². The molecular weight excluding hydrogens is 447 g/mol. The summed E-state index contributed by atoms with van der Waals surface area (Å²) in [4.78, 5) is 37.6. The first kappa shape index (κ1) is 25.6. The van der Waals surface area contributed by atoms with Gasteiger partial charge in [0, 0.05) is 25.8 Å². The maximum absolute atomic E-state index is 14.0. The molecule has 5 atom stereocenters. The van der Waals surface area contributed by atoms with Crippen molar-refractivity contribution in [1.29, 1.82) is 0 Å². The van der Waals surface area contributed by atoms with Crippen molar-refractivity contribution >= 4 is 34.9 Å². The van der Waals surface area contributed by atoms with E-state index in [-0.39, 0.29) is 31.5 Å². The minimum atomic E-state index is -1.28. The van der Waals surface area contributed by atoms with Crippen LogP contribution < -0.4 is 11.1 Å². The number of nitrogens with two attached hydrogens (primary N) is 1. The van der Waals surface area contributed by atoms with E-state index in [1.807, 2.05) is 13.8 Å². The van der Waals surface area contributed by atoms with Crippen LogP contribution in [0.3, 0.4) is 0 Å². The number of fused-ring (bicyclic) bond motifs is 1. The van der Waals surface area contributed by atoms with Crippen LogP contribution in [0.25, 0.3) is 11.2 Å². The highest BCUT2D eigenvalue weighted by Gasteiger charge is 2.36. The lowest BCUT2D eigenvalue weighted by molar-refractivity contribution is -0.162. The third kappa shape index (κ3) is 5.91. The summed E-state index contributed by atoms with van der Waals surface area (Å²) < 4.78 is 32.5. The number of carbonyl (C=O) groups is 2. The van der Waals surface area contributed by atoms with Crippen molar-refractivity contribution in [3.8, 4) is 0 Å². The molecule has 3 N–H and O–H groups in total. The van der Waals surface area contributed by atoms with Gasteiger partial charge in [0.2, 0.25) is 5.95 Å².